The zero-order valence-electron chi connectivity index (χ0n) is 13.8. The van der Waals surface area contributed by atoms with E-state index in [0.717, 1.165) is 12.0 Å². The highest BCUT2D eigenvalue weighted by Gasteiger charge is 2.54. The molecule has 0 bridgehead atoms. The Balaban J connectivity index is 1.86. The van der Waals surface area contributed by atoms with Gasteiger partial charge in [0.1, 0.15) is 11.5 Å². The fraction of sp³-hybridized carbons (Fsp3) is 0.529. The molecule has 1 atom stereocenters. The first-order valence-electron chi connectivity index (χ1n) is 7.81. The van der Waals surface area contributed by atoms with E-state index in [1.807, 2.05) is 27.7 Å². The minimum atomic E-state index is -0.957. The summed E-state index contributed by atoms with van der Waals surface area (Å²) in [4.78, 5) is 0. The van der Waals surface area contributed by atoms with Crippen LogP contribution in [0.25, 0.3) is 0 Å². The summed E-state index contributed by atoms with van der Waals surface area (Å²) in [6, 6.07) is 4.83. The summed E-state index contributed by atoms with van der Waals surface area (Å²) in [7, 11) is -0.957. The number of halogens is 3. The van der Waals surface area contributed by atoms with E-state index in [4.69, 9.17) is 9.31 Å². The highest BCUT2D eigenvalue weighted by molar-refractivity contribution is 9.10. The summed E-state index contributed by atoms with van der Waals surface area (Å²) in [5, 5.41) is 0. The summed E-state index contributed by atoms with van der Waals surface area (Å²) in [5.41, 5.74) is 0.148. The molecule has 2 nitrogen and oxygen atoms in total. The van der Waals surface area contributed by atoms with E-state index in [9.17, 15) is 8.78 Å². The zero-order chi connectivity index (χ0) is 17.0. The molecule has 2 fully saturated rings. The lowest BCUT2D eigenvalue weighted by Gasteiger charge is -2.32. The third-order valence-electron chi connectivity index (χ3n) is 5.24. The predicted molar refractivity (Wildman–Crippen MR) is 90.3 cm³/mol. The molecule has 1 heterocycles. The summed E-state index contributed by atoms with van der Waals surface area (Å²) >= 11 is 3.19. The molecule has 23 heavy (non-hydrogen) atoms. The highest BCUT2D eigenvalue weighted by atomic mass is 79.9. The van der Waals surface area contributed by atoms with Gasteiger partial charge in [0, 0.05) is 5.92 Å². The lowest BCUT2D eigenvalue weighted by atomic mass is 9.69. The Bertz CT molecular complexity index is 657. The highest BCUT2D eigenvalue weighted by Crippen LogP contribution is 2.47. The fourth-order valence-electron chi connectivity index (χ4n) is 2.91. The molecule has 1 unspecified atom stereocenters. The van der Waals surface area contributed by atoms with Crippen LogP contribution in [-0.2, 0) is 9.31 Å². The van der Waals surface area contributed by atoms with Gasteiger partial charge >= 0.3 is 7.12 Å². The normalized spacial score (nSPS) is 27.8. The van der Waals surface area contributed by atoms with Crippen LogP contribution >= 0.6 is 15.9 Å². The molecule has 1 aromatic rings. The Morgan fingerprint density at radius 2 is 1.83 bits per heavy atom. The van der Waals surface area contributed by atoms with E-state index in [0.29, 0.717) is 16.5 Å². The smallest absolute Gasteiger partial charge is 0.398 e. The molecule has 1 aliphatic heterocycles. The first-order chi connectivity index (χ1) is 10.6. The van der Waals surface area contributed by atoms with Crippen LogP contribution < -0.4 is 0 Å². The number of allylic oxidation sites excluding steroid dienone is 1. The maximum absolute atomic E-state index is 14.9. The van der Waals surface area contributed by atoms with E-state index in [1.54, 1.807) is 12.1 Å². The summed E-state index contributed by atoms with van der Waals surface area (Å²) in [6.07, 6.45) is 1.52. The van der Waals surface area contributed by atoms with Gasteiger partial charge < -0.3 is 9.31 Å². The van der Waals surface area contributed by atoms with E-state index in [-0.39, 0.29) is 17.5 Å². The van der Waals surface area contributed by atoms with E-state index in [1.165, 1.54) is 6.07 Å². The van der Waals surface area contributed by atoms with Gasteiger partial charge in [-0.05, 0) is 79.7 Å². The first-order valence-corrected chi connectivity index (χ1v) is 8.61. The van der Waals surface area contributed by atoms with Gasteiger partial charge in [0.25, 0.3) is 0 Å². The van der Waals surface area contributed by atoms with Gasteiger partial charge in [-0.15, -0.1) is 0 Å². The topological polar surface area (TPSA) is 18.5 Å². The summed E-state index contributed by atoms with van der Waals surface area (Å²) in [5.74, 6) is -0.351. The van der Waals surface area contributed by atoms with Crippen molar-refractivity contribution in [3.8, 4) is 0 Å². The molecule has 0 spiro atoms. The van der Waals surface area contributed by atoms with E-state index >= 15 is 0 Å². The van der Waals surface area contributed by atoms with Crippen molar-refractivity contribution in [2.45, 2.75) is 57.7 Å². The average Bonchev–Trinajstić information content (AvgIpc) is 2.62. The molecule has 0 radical (unpaired) electrons. The minimum Gasteiger partial charge on any atom is -0.398 e. The standard InChI is InChI=1S/C17H20BBrF2O2/c1-16(2)17(3,4)23-18(22-16)15(21)12-7-6-11(12)10-5-8-14(20)13(19)9-10/h5,8-9,11H,6-7H2,1-4H3. The summed E-state index contributed by atoms with van der Waals surface area (Å²) < 4.78 is 40.3. The monoisotopic (exact) mass is 384 g/mol. The van der Waals surface area contributed by atoms with Gasteiger partial charge in [0.05, 0.1) is 15.7 Å². The van der Waals surface area contributed by atoms with Crippen molar-refractivity contribution in [2.75, 3.05) is 0 Å². The molecule has 0 aromatic heterocycles. The van der Waals surface area contributed by atoms with Crippen molar-refractivity contribution in [1.29, 1.82) is 0 Å². The van der Waals surface area contributed by atoms with Crippen LogP contribution in [0.3, 0.4) is 0 Å². The second-order valence-corrected chi connectivity index (χ2v) is 8.08. The van der Waals surface area contributed by atoms with Crippen LogP contribution in [0.15, 0.2) is 34.0 Å². The molecule has 124 valence electrons. The van der Waals surface area contributed by atoms with Gasteiger partial charge in [-0.25, -0.2) is 8.78 Å². The number of hydrogen-bond donors (Lipinski definition) is 0. The molecular weight excluding hydrogens is 365 g/mol. The van der Waals surface area contributed by atoms with Crippen molar-refractivity contribution < 1.29 is 18.1 Å². The molecule has 0 amide bonds. The largest absolute Gasteiger partial charge is 0.525 e. The van der Waals surface area contributed by atoms with Crippen molar-refractivity contribution in [3.05, 3.63) is 45.4 Å². The first kappa shape index (κ1) is 17.1. The van der Waals surface area contributed by atoms with Crippen LogP contribution in [0.4, 0.5) is 8.78 Å². The Kier molecular flexibility index (Phi) is 4.22. The lowest BCUT2D eigenvalue weighted by molar-refractivity contribution is 0.00578. The second-order valence-electron chi connectivity index (χ2n) is 7.23. The molecular formula is C17H20BBrF2O2. The molecule has 1 aromatic carbocycles. The number of hydrogen-bond acceptors (Lipinski definition) is 2. The minimum absolute atomic E-state index is 0.0362. The Morgan fingerprint density at radius 3 is 2.30 bits per heavy atom. The van der Waals surface area contributed by atoms with E-state index in [2.05, 4.69) is 15.9 Å². The Labute approximate surface area is 144 Å². The quantitative estimate of drug-likeness (QED) is 0.642. The maximum Gasteiger partial charge on any atom is 0.525 e. The SMILES string of the molecule is CC1(C)OB(C(F)=C2CCC2c2ccc(F)c(Br)c2)OC1(C)C. The number of rotatable bonds is 2. The van der Waals surface area contributed by atoms with Crippen LogP contribution in [-0.4, -0.2) is 18.3 Å². The maximum atomic E-state index is 14.9. The van der Waals surface area contributed by atoms with Crippen molar-refractivity contribution in [1.82, 2.24) is 0 Å². The van der Waals surface area contributed by atoms with Gasteiger partial charge in [0.15, 0.2) is 0 Å². The zero-order valence-corrected chi connectivity index (χ0v) is 15.3. The van der Waals surface area contributed by atoms with Crippen molar-refractivity contribution >= 4 is 23.0 Å². The summed E-state index contributed by atoms with van der Waals surface area (Å²) in [6.45, 7) is 7.61. The van der Waals surface area contributed by atoms with Crippen LogP contribution in [0, 0.1) is 5.82 Å². The van der Waals surface area contributed by atoms with E-state index < -0.39 is 18.3 Å². The van der Waals surface area contributed by atoms with Gasteiger partial charge in [-0.1, -0.05) is 6.07 Å². The molecule has 2 aliphatic rings. The average molecular weight is 385 g/mol. The second kappa shape index (κ2) is 5.68. The van der Waals surface area contributed by atoms with Gasteiger partial charge in [-0.3, -0.25) is 0 Å². The third kappa shape index (κ3) is 2.90. The molecule has 6 heteroatoms. The fourth-order valence-corrected chi connectivity index (χ4v) is 3.31. The van der Waals surface area contributed by atoms with Crippen molar-refractivity contribution in [2.24, 2.45) is 0 Å². The molecule has 1 saturated heterocycles. The van der Waals surface area contributed by atoms with Crippen molar-refractivity contribution in [3.63, 3.8) is 0 Å². The number of benzene rings is 1. The Hall–Kier alpha value is -0.715. The molecule has 1 aliphatic carbocycles. The van der Waals surface area contributed by atoms with Crippen LogP contribution in [0.5, 0.6) is 0 Å². The van der Waals surface area contributed by atoms with Gasteiger partial charge in [-0.2, -0.15) is 0 Å². The molecule has 1 saturated carbocycles. The predicted octanol–water partition coefficient (Wildman–Crippen LogP) is 5.32. The van der Waals surface area contributed by atoms with Gasteiger partial charge in [0.2, 0.25) is 0 Å². The third-order valence-corrected chi connectivity index (χ3v) is 5.84. The Morgan fingerprint density at radius 1 is 1.22 bits per heavy atom. The lowest BCUT2D eigenvalue weighted by Crippen LogP contribution is -2.41. The van der Waals surface area contributed by atoms with Crippen LogP contribution in [0.2, 0.25) is 0 Å². The molecule has 3 rings (SSSR count). The van der Waals surface area contributed by atoms with Crippen LogP contribution in [0.1, 0.15) is 52.0 Å². The molecule has 0 N–H and O–H groups in total.